The minimum Gasteiger partial charge on any atom is -0.457 e. The van der Waals surface area contributed by atoms with Gasteiger partial charge in [0, 0.05) is 22.0 Å². The molecule has 0 atom stereocenters. The zero-order valence-electron chi connectivity index (χ0n) is 55.9. The van der Waals surface area contributed by atoms with E-state index >= 15 is 0 Å². The van der Waals surface area contributed by atoms with Crippen molar-refractivity contribution < 1.29 is 33.2 Å². The summed E-state index contributed by atoms with van der Waals surface area (Å²) >= 11 is 0. The van der Waals surface area contributed by atoms with Crippen molar-refractivity contribution in [2.75, 3.05) is 0 Å². The molecule has 0 aliphatic carbocycles. The van der Waals surface area contributed by atoms with Crippen molar-refractivity contribution in [3.63, 3.8) is 0 Å². The van der Waals surface area contributed by atoms with Gasteiger partial charge in [-0.2, -0.15) is 0 Å². The van der Waals surface area contributed by atoms with Crippen LogP contribution in [0.4, 0.5) is 0 Å². The minimum atomic E-state index is -0.152. The van der Waals surface area contributed by atoms with Gasteiger partial charge in [-0.15, -0.1) is 0 Å². The number of ether oxygens (including phenoxy) is 6. The molecule has 472 valence electrons. The maximum Gasteiger partial charge on any atom is 0.193 e. The number of benzene rings is 12. The van der Waals surface area contributed by atoms with Crippen molar-refractivity contribution in [1.29, 1.82) is 0 Å². The summed E-state index contributed by atoms with van der Waals surface area (Å²) in [4.78, 5) is 12.8. The van der Waals surface area contributed by atoms with Gasteiger partial charge in [-0.1, -0.05) is 182 Å². The van der Waals surface area contributed by atoms with Crippen LogP contribution in [0.1, 0.15) is 110 Å². The molecule has 0 amide bonds. The Morgan fingerprint density at radius 3 is 0.628 bits per heavy atom. The predicted molar refractivity (Wildman–Crippen MR) is 383 cm³/mol. The van der Waals surface area contributed by atoms with Crippen LogP contribution in [-0.4, -0.2) is 5.78 Å². The Balaban J connectivity index is 0.000000154. The van der Waals surface area contributed by atoms with Crippen LogP contribution in [0.5, 0.6) is 69.0 Å². The van der Waals surface area contributed by atoms with Crippen molar-refractivity contribution in [3.05, 3.63) is 357 Å². The Labute approximate surface area is 555 Å². The number of ketones is 1. The molecular formula is C87H82O7. The predicted octanol–water partition coefficient (Wildman–Crippen LogP) is 24.2. The first kappa shape index (κ1) is 66.0. The van der Waals surface area contributed by atoms with Crippen LogP contribution in [0.2, 0.25) is 0 Å². The highest BCUT2D eigenvalue weighted by Crippen LogP contribution is 2.39. The van der Waals surface area contributed by atoms with E-state index in [9.17, 15) is 4.79 Å². The molecule has 0 saturated heterocycles. The second-order valence-electron chi connectivity index (χ2n) is 25.1. The Morgan fingerprint density at radius 2 is 0.404 bits per heavy atom. The fourth-order valence-corrected chi connectivity index (χ4v) is 10.5. The number of carbonyl (C=O) groups is 1. The fraction of sp³-hybridized carbons (Fsp3) is 0.161. The molecular weight excluding hydrogens is 1160 g/mol. The smallest absolute Gasteiger partial charge is 0.193 e. The van der Waals surface area contributed by atoms with Crippen molar-refractivity contribution in [1.82, 2.24) is 0 Å². The highest BCUT2D eigenvalue weighted by atomic mass is 16.5. The molecule has 94 heavy (non-hydrogen) atoms. The molecule has 0 aliphatic heterocycles. The third kappa shape index (κ3) is 17.8. The quantitative estimate of drug-likeness (QED) is 0.0793. The van der Waals surface area contributed by atoms with Gasteiger partial charge in [0.1, 0.15) is 69.0 Å². The molecule has 0 spiro atoms. The number of rotatable bonds is 18. The molecule has 0 aromatic heterocycles. The lowest BCUT2D eigenvalue weighted by atomic mass is 9.77. The fourth-order valence-electron chi connectivity index (χ4n) is 10.5. The normalized spacial score (nSPS) is 11.0. The molecule has 0 aliphatic rings. The molecule has 0 unspecified atom stereocenters. The Bertz CT molecular complexity index is 4130. The van der Waals surface area contributed by atoms with Gasteiger partial charge in [0.25, 0.3) is 0 Å². The van der Waals surface area contributed by atoms with E-state index in [2.05, 4.69) is 178 Å². The second-order valence-corrected chi connectivity index (χ2v) is 25.1. The summed E-state index contributed by atoms with van der Waals surface area (Å²) in [5.74, 6) is 9.74. The first-order valence-electron chi connectivity index (χ1n) is 31.8. The lowest BCUT2D eigenvalue weighted by Crippen LogP contribution is -2.19. The molecule has 0 N–H and O–H groups in total. The summed E-state index contributed by atoms with van der Waals surface area (Å²) < 4.78 is 35.8. The molecule has 0 saturated carbocycles. The number of hydrogen-bond donors (Lipinski definition) is 0. The SMILES string of the molecule is Cc1ccc(Oc2ccc(C(=O)c3ccc(Oc4ccc(C)cc4)cc3)cc2)cc1.Cc1ccc(Oc2ccc(C(C)(C)c3ccc(Oc4ccc(C)cc4)c(C)c3)cc2C)cc1.Cc1ccc(Oc2ccc(C(C)(C)c3ccc(Oc4ccc(C)cc4)cc3)cc2)cc1. The summed E-state index contributed by atoms with van der Waals surface area (Å²) in [6, 6.07) is 92.2. The Hall–Kier alpha value is -10.9. The summed E-state index contributed by atoms with van der Waals surface area (Å²) in [6.07, 6.45) is 0. The van der Waals surface area contributed by atoms with Gasteiger partial charge >= 0.3 is 0 Å². The van der Waals surface area contributed by atoms with Crippen LogP contribution in [0, 0.1) is 55.4 Å². The van der Waals surface area contributed by atoms with Gasteiger partial charge in [0.2, 0.25) is 0 Å². The molecule has 12 aromatic carbocycles. The maximum atomic E-state index is 12.8. The first-order valence-corrected chi connectivity index (χ1v) is 31.8. The van der Waals surface area contributed by atoms with Crippen molar-refractivity contribution in [2.24, 2.45) is 0 Å². The van der Waals surface area contributed by atoms with E-state index in [0.29, 0.717) is 22.6 Å². The molecule has 7 nitrogen and oxygen atoms in total. The molecule has 0 bridgehead atoms. The van der Waals surface area contributed by atoms with Crippen molar-refractivity contribution in [3.8, 4) is 69.0 Å². The Kier molecular flexibility index (Phi) is 21.1. The Morgan fingerprint density at radius 1 is 0.223 bits per heavy atom. The van der Waals surface area contributed by atoms with Crippen LogP contribution in [-0.2, 0) is 10.8 Å². The topological polar surface area (TPSA) is 72.5 Å². The summed E-state index contributed by atoms with van der Waals surface area (Å²) in [5.41, 5.74) is 15.4. The molecule has 12 aromatic rings. The van der Waals surface area contributed by atoms with Gasteiger partial charge in [-0.05, 0) is 246 Å². The molecule has 0 fully saturated rings. The van der Waals surface area contributed by atoms with E-state index in [-0.39, 0.29) is 16.6 Å². The average Bonchev–Trinajstić information content (AvgIpc) is 0.838. The molecule has 12 rings (SSSR count). The summed E-state index contributed by atoms with van der Waals surface area (Å²) in [5, 5.41) is 0. The monoisotopic (exact) mass is 1240 g/mol. The standard InChI is InChI=1S/C31H32O2.C29H28O2.C27H22O3/c1-21-7-13-27(14-8-21)32-29-17-11-25(19-23(29)3)31(5,6)26-12-18-30(24(4)20-26)33-28-15-9-22(2)10-16-28;1-21-5-13-25(14-6-21)30-27-17-9-23(10-18-27)29(3,4)24-11-19-28(20-12-24)31-26-15-7-22(2)8-16-26;1-19-3-11-23(12-4-19)29-25-15-7-21(8-16-25)27(28)22-9-17-26(18-10-22)30-24-13-5-20(2)6-14-24/h7-20H,1-6H3;5-20H,1-4H3;3-18H,1-2H3. The summed E-state index contributed by atoms with van der Waals surface area (Å²) in [6.45, 7) is 25.6. The largest absolute Gasteiger partial charge is 0.457 e. The van der Waals surface area contributed by atoms with E-state index in [1.54, 1.807) is 24.3 Å². The highest BCUT2D eigenvalue weighted by Gasteiger charge is 2.26. The zero-order chi connectivity index (χ0) is 66.4. The maximum absolute atomic E-state index is 12.8. The lowest BCUT2D eigenvalue weighted by Gasteiger charge is -2.28. The van der Waals surface area contributed by atoms with Crippen LogP contribution < -0.4 is 28.4 Å². The average molecular weight is 1240 g/mol. The third-order valence-electron chi connectivity index (χ3n) is 16.7. The minimum absolute atomic E-state index is 0.0428. The molecule has 0 heterocycles. The van der Waals surface area contributed by atoms with Crippen molar-refractivity contribution >= 4 is 5.78 Å². The highest BCUT2D eigenvalue weighted by molar-refractivity contribution is 6.09. The van der Waals surface area contributed by atoms with Gasteiger partial charge in [0.15, 0.2) is 5.78 Å². The molecule has 7 heteroatoms. The van der Waals surface area contributed by atoms with Crippen LogP contribution in [0.15, 0.2) is 279 Å². The van der Waals surface area contributed by atoms with Crippen LogP contribution in [0.25, 0.3) is 0 Å². The molecule has 0 radical (unpaired) electrons. The van der Waals surface area contributed by atoms with E-state index in [1.165, 1.54) is 55.6 Å². The van der Waals surface area contributed by atoms with E-state index in [0.717, 1.165) is 68.6 Å². The second kappa shape index (κ2) is 30.0. The number of hydrogen-bond acceptors (Lipinski definition) is 7. The van der Waals surface area contributed by atoms with Gasteiger partial charge < -0.3 is 28.4 Å². The first-order chi connectivity index (χ1) is 45.2. The zero-order valence-corrected chi connectivity index (χ0v) is 55.9. The van der Waals surface area contributed by atoms with E-state index < -0.39 is 0 Å². The van der Waals surface area contributed by atoms with E-state index in [4.69, 9.17) is 28.4 Å². The lowest BCUT2D eigenvalue weighted by molar-refractivity contribution is 0.103. The van der Waals surface area contributed by atoms with Crippen LogP contribution in [0.3, 0.4) is 0 Å². The van der Waals surface area contributed by atoms with Gasteiger partial charge in [-0.3, -0.25) is 4.79 Å². The summed E-state index contributed by atoms with van der Waals surface area (Å²) in [7, 11) is 0. The number of carbonyl (C=O) groups excluding carboxylic acids is 1. The van der Waals surface area contributed by atoms with E-state index in [1.807, 2.05) is 159 Å². The van der Waals surface area contributed by atoms with Gasteiger partial charge in [0.05, 0.1) is 0 Å². The van der Waals surface area contributed by atoms with Crippen molar-refractivity contribution in [2.45, 2.75) is 93.9 Å². The van der Waals surface area contributed by atoms with Crippen LogP contribution >= 0.6 is 0 Å². The number of aryl methyl sites for hydroxylation is 8. The third-order valence-corrected chi connectivity index (χ3v) is 16.7. The van der Waals surface area contributed by atoms with Gasteiger partial charge in [-0.25, -0.2) is 0 Å².